The second-order valence-corrected chi connectivity index (χ2v) is 4.33. The average molecular weight is 262 g/mol. The monoisotopic (exact) mass is 262 g/mol. The molecule has 0 saturated carbocycles. The van der Waals surface area contributed by atoms with Gasteiger partial charge in [-0.3, -0.25) is 0 Å². The van der Waals surface area contributed by atoms with Crippen molar-refractivity contribution in [2.24, 2.45) is 0 Å². The van der Waals surface area contributed by atoms with Crippen molar-refractivity contribution in [3.05, 3.63) is 35.4 Å². The largest absolute Gasteiger partial charge is 0.416 e. The van der Waals surface area contributed by atoms with Gasteiger partial charge < -0.3 is 9.84 Å². The van der Waals surface area contributed by atoms with Gasteiger partial charge in [-0.25, -0.2) is 0 Å². The first-order valence-electron chi connectivity index (χ1n) is 5.70. The van der Waals surface area contributed by atoms with Crippen LogP contribution in [0.4, 0.5) is 13.2 Å². The lowest BCUT2D eigenvalue weighted by Crippen LogP contribution is -2.19. The Kier molecular flexibility index (Phi) is 5.16. The summed E-state index contributed by atoms with van der Waals surface area (Å²) in [6, 6.07) is 4.84. The minimum Gasteiger partial charge on any atom is -0.393 e. The summed E-state index contributed by atoms with van der Waals surface area (Å²) in [5.41, 5.74) is 0.00445. The Bertz CT molecular complexity index is 359. The van der Waals surface area contributed by atoms with E-state index in [0.29, 0.717) is 18.4 Å². The molecule has 0 aliphatic heterocycles. The maximum absolute atomic E-state index is 12.3. The third-order valence-electron chi connectivity index (χ3n) is 2.76. The van der Waals surface area contributed by atoms with Crippen LogP contribution in [0.2, 0.25) is 0 Å². The molecular weight excluding hydrogens is 245 g/mol. The standard InChI is InChI=1S/C13H17F3O2/c1-9(18-2)7-12(17)8-10-3-5-11(6-4-10)13(14,15)16/h3-6,9,12,17H,7-8H2,1-2H3. The summed E-state index contributed by atoms with van der Waals surface area (Å²) in [5, 5.41) is 9.73. The van der Waals surface area contributed by atoms with E-state index < -0.39 is 17.8 Å². The van der Waals surface area contributed by atoms with Crippen LogP contribution in [-0.4, -0.2) is 24.4 Å². The van der Waals surface area contributed by atoms with Crippen LogP contribution in [0.3, 0.4) is 0 Å². The molecule has 102 valence electrons. The molecular formula is C13H17F3O2. The Morgan fingerprint density at radius 1 is 1.22 bits per heavy atom. The van der Waals surface area contributed by atoms with Crippen LogP contribution in [0, 0.1) is 0 Å². The Labute approximate surface area is 104 Å². The van der Waals surface area contributed by atoms with Gasteiger partial charge in [0.2, 0.25) is 0 Å². The van der Waals surface area contributed by atoms with Crippen molar-refractivity contribution in [1.29, 1.82) is 0 Å². The Hall–Kier alpha value is -1.07. The quantitative estimate of drug-likeness (QED) is 0.883. The van der Waals surface area contributed by atoms with Gasteiger partial charge in [-0.2, -0.15) is 13.2 Å². The number of hydrogen-bond acceptors (Lipinski definition) is 2. The molecule has 0 aromatic heterocycles. The minimum absolute atomic E-state index is 0.0746. The molecule has 2 atom stereocenters. The predicted octanol–water partition coefficient (Wildman–Crippen LogP) is 3.03. The number of aliphatic hydroxyl groups excluding tert-OH is 1. The first-order valence-corrected chi connectivity index (χ1v) is 5.70. The summed E-state index contributed by atoms with van der Waals surface area (Å²) >= 11 is 0. The lowest BCUT2D eigenvalue weighted by atomic mass is 10.0. The third kappa shape index (κ3) is 4.66. The van der Waals surface area contributed by atoms with Gasteiger partial charge in [0.15, 0.2) is 0 Å². The lowest BCUT2D eigenvalue weighted by molar-refractivity contribution is -0.137. The first kappa shape index (κ1) is 15.0. The zero-order chi connectivity index (χ0) is 13.8. The molecule has 0 heterocycles. The Morgan fingerprint density at radius 2 is 1.78 bits per heavy atom. The molecule has 0 bridgehead atoms. The molecule has 5 heteroatoms. The van der Waals surface area contributed by atoms with Crippen LogP contribution in [0.1, 0.15) is 24.5 Å². The Morgan fingerprint density at radius 3 is 2.22 bits per heavy atom. The number of methoxy groups -OCH3 is 1. The van der Waals surface area contributed by atoms with E-state index in [9.17, 15) is 18.3 Å². The van der Waals surface area contributed by atoms with Gasteiger partial charge in [-0.1, -0.05) is 12.1 Å². The minimum atomic E-state index is -4.32. The highest BCUT2D eigenvalue weighted by molar-refractivity contribution is 5.25. The zero-order valence-corrected chi connectivity index (χ0v) is 10.4. The SMILES string of the molecule is COC(C)CC(O)Cc1ccc(C(F)(F)F)cc1. The van der Waals surface area contributed by atoms with Crippen molar-refractivity contribution >= 4 is 0 Å². The summed E-state index contributed by atoms with van der Waals surface area (Å²) in [6.07, 6.45) is -4.23. The molecule has 2 unspecified atom stereocenters. The molecule has 0 saturated heterocycles. The van der Waals surface area contributed by atoms with E-state index in [1.165, 1.54) is 12.1 Å². The molecule has 18 heavy (non-hydrogen) atoms. The van der Waals surface area contributed by atoms with Crippen molar-refractivity contribution in [3.8, 4) is 0 Å². The summed E-state index contributed by atoms with van der Waals surface area (Å²) in [5.74, 6) is 0. The van der Waals surface area contributed by atoms with E-state index in [1.54, 1.807) is 7.11 Å². The fourth-order valence-electron chi connectivity index (χ4n) is 1.66. The molecule has 0 fully saturated rings. The van der Waals surface area contributed by atoms with Gasteiger partial charge in [0.05, 0.1) is 17.8 Å². The number of rotatable bonds is 5. The fraction of sp³-hybridized carbons (Fsp3) is 0.538. The number of halogens is 3. The lowest BCUT2D eigenvalue weighted by Gasteiger charge is -2.15. The number of ether oxygens (including phenoxy) is 1. The smallest absolute Gasteiger partial charge is 0.393 e. The van der Waals surface area contributed by atoms with Crippen LogP contribution < -0.4 is 0 Å². The zero-order valence-electron chi connectivity index (χ0n) is 10.4. The van der Waals surface area contributed by atoms with Gasteiger partial charge in [-0.15, -0.1) is 0 Å². The fourth-order valence-corrected chi connectivity index (χ4v) is 1.66. The van der Waals surface area contributed by atoms with Crippen LogP contribution in [0.25, 0.3) is 0 Å². The van der Waals surface area contributed by atoms with Gasteiger partial charge in [0.1, 0.15) is 0 Å². The molecule has 1 aromatic rings. The summed E-state index contributed by atoms with van der Waals surface area (Å²) in [6.45, 7) is 1.83. The molecule has 2 nitrogen and oxygen atoms in total. The average Bonchev–Trinajstić information content (AvgIpc) is 2.28. The summed E-state index contributed by atoms with van der Waals surface area (Å²) in [4.78, 5) is 0. The van der Waals surface area contributed by atoms with Crippen LogP contribution >= 0.6 is 0 Å². The van der Waals surface area contributed by atoms with Gasteiger partial charge in [0, 0.05) is 7.11 Å². The van der Waals surface area contributed by atoms with Crippen LogP contribution in [0.5, 0.6) is 0 Å². The number of benzene rings is 1. The van der Waals surface area contributed by atoms with Gasteiger partial charge in [0.25, 0.3) is 0 Å². The number of alkyl halides is 3. The molecule has 1 rings (SSSR count). The maximum atomic E-state index is 12.3. The number of hydrogen-bond donors (Lipinski definition) is 1. The Balaban J connectivity index is 2.58. The molecule has 1 N–H and O–H groups in total. The summed E-state index contributed by atoms with van der Waals surface area (Å²) in [7, 11) is 1.55. The van der Waals surface area contributed by atoms with E-state index in [4.69, 9.17) is 4.74 Å². The molecule has 0 aliphatic rings. The molecule has 1 aromatic carbocycles. The molecule has 0 spiro atoms. The molecule has 0 radical (unpaired) electrons. The highest BCUT2D eigenvalue weighted by Gasteiger charge is 2.29. The highest BCUT2D eigenvalue weighted by atomic mass is 19.4. The van der Waals surface area contributed by atoms with E-state index in [0.717, 1.165) is 12.1 Å². The van der Waals surface area contributed by atoms with Gasteiger partial charge in [-0.05, 0) is 37.5 Å². The normalized spacial score (nSPS) is 15.4. The summed E-state index contributed by atoms with van der Waals surface area (Å²) < 4.78 is 42.0. The topological polar surface area (TPSA) is 29.5 Å². The maximum Gasteiger partial charge on any atom is 0.416 e. The van der Waals surface area contributed by atoms with Crippen molar-refractivity contribution in [2.75, 3.05) is 7.11 Å². The van der Waals surface area contributed by atoms with Crippen LogP contribution in [-0.2, 0) is 17.3 Å². The van der Waals surface area contributed by atoms with E-state index in [2.05, 4.69) is 0 Å². The van der Waals surface area contributed by atoms with Crippen molar-refractivity contribution in [1.82, 2.24) is 0 Å². The number of aliphatic hydroxyl groups is 1. The van der Waals surface area contributed by atoms with Crippen molar-refractivity contribution in [2.45, 2.75) is 38.1 Å². The highest BCUT2D eigenvalue weighted by Crippen LogP contribution is 2.29. The van der Waals surface area contributed by atoms with Crippen LogP contribution in [0.15, 0.2) is 24.3 Å². The molecule has 0 aliphatic carbocycles. The molecule has 0 amide bonds. The van der Waals surface area contributed by atoms with E-state index >= 15 is 0 Å². The van der Waals surface area contributed by atoms with E-state index in [-0.39, 0.29) is 6.10 Å². The van der Waals surface area contributed by atoms with E-state index in [1.807, 2.05) is 6.92 Å². The van der Waals surface area contributed by atoms with Gasteiger partial charge >= 0.3 is 6.18 Å². The second kappa shape index (κ2) is 6.20. The third-order valence-corrected chi connectivity index (χ3v) is 2.76. The van der Waals surface area contributed by atoms with Crippen molar-refractivity contribution in [3.63, 3.8) is 0 Å². The van der Waals surface area contributed by atoms with Crippen molar-refractivity contribution < 1.29 is 23.0 Å². The predicted molar refractivity (Wildman–Crippen MR) is 62.2 cm³/mol. The first-order chi connectivity index (χ1) is 8.32. The second-order valence-electron chi connectivity index (χ2n) is 4.33.